The number of benzene rings is 1. The zero-order chi connectivity index (χ0) is 18.4. The van der Waals surface area contributed by atoms with Gasteiger partial charge in [-0.25, -0.2) is 13.4 Å². The van der Waals surface area contributed by atoms with Gasteiger partial charge in [-0.3, -0.25) is 4.72 Å². The molecule has 2 aromatic rings. The Bertz CT molecular complexity index is 802. The van der Waals surface area contributed by atoms with E-state index >= 15 is 0 Å². The first-order valence-electron chi connectivity index (χ1n) is 8.22. The van der Waals surface area contributed by atoms with Crippen LogP contribution in [-0.4, -0.2) is 45.5 Å². The molecule has 0 aliphatic heterocycles. The largest absolute Gasteiger partial charge is 0.370 e. The van der Waals surface area contributed by atoms with Gasteiger partial charge in [-0.05, 0) is 70.2 Å². The number of rotatable bonds is 8. The molecule has 2 rings (SSSR count). The number of hydrogen-bond donors (Lipinski definition) is 2. The summed E-state index contributed by atoms with van der Waals surface area (Å²) in [6.45, 7) is 5.48. The molecule has 0 aliphatic rings. The minimum absolute atomic E-state index is 0.290. The maximum Gasteiger partial charge on any atom is 0.262 e. The third kappa shape index (κ3) is 5.72. The number of aromatic nitrogens is 1. The molecule has 7 heteroatoms. The van der Waals surface area contributed by atoms with Gasteiger partial charge in [-0.15, -0.1) is 0 Å². The summed E-state index contributed by atoms with van der Waals surface area (Å²) in [4.78, 5) is 6.68. The van der Waals surface area contributed by atoms with Crippen molar-refractivity contribution < 1.29 is 8.42 Å². The van der Waals surface area contributed by atoms with E-state index in [0.29, 0.717) is 16.1 Å². The van der Waals surface area contributed by atoms with Gasteiger partial charge >= 0.3 is 0 Å². The molecule has 1 heterocycles. The van der Waals surface area contributed by atoms with Crippen LogP contribution in [0.3, 0.4) is 0 Å². The maximum absolute atomic E-state index is 12.6. The molecule has 0 radical (unpaired) electrons. The molecule has 0 unspecified atom stereocenters. The van der Waals surface area contributed by atoms with Gasteiger partial charge in [0.1, 0.15) is 5.82 Å². The van der Waals surface area contributed by atoms with E-state index in [1.54, 1.807) is 25.1 Å². The van der Waals surface area contributed by atoms with Crippen molar-refractivity contribution in [2.45, 2.75) is 25.2 Å². The molecule has 0 amide bonds. The fourth-order valence-electron chi connectivity index (χ4n) is 2.38. The van der Waals surface area contributed by atoms with Crippen LogP contribution < -0.4 is 10.0 Å². The van der Waals surface area contributed by atoms with Crippen LogP contribution in [0, 0.1) is 13.8 Å². The molecule has 0 bridgehead atoms. The van der Waals surface area contributed by atoms with Crippen LogP contribution in [0.15, 0.2) is 41.4 Å². The summed E-state index contributed by atoms with van der Waals surface area (Å²) >= 11 is 0. The molecule has 136 valence electrons. The lowest BCUT2D eigenvalue weighted by Gasteiger charge is -2.12. The first kappa shape index (κ1) is 19.2. The molecule has 0 atom stereocenters. The first-order chi connectivity index (χ1) is 11.8. The van der Waals surface area contributed by atoms with Crippen molar-refractivity contribution in [3.05, 3.63) is 47.7 Å². The number of nitrogens with one attached hydrogen (secondary N) is 2. The molecule has 1 aromatic carbocycles. The predicted octanol–water partition coefficient (Wildman–Crippen LogP) is 2.86. The SMILES string of the molecule is Cc1ccc(C)c(S(=O)(=O)Nc2ccc(NCCCN(C)C)nc2)c1. The molecule has 0 aliphatic carbocycles. The summed E-state index contributed by atoms with van der Waals surface area (Å²) in [5.41, 5.74) is 2.06. The molecule has 0 fully saturated rings. The van der Waals surface area contributed by atoms with E-state index < -0.39 is 10.0 Å². The topological polar surface area (TPSA) is 74.3 Å². The predicted molar refractivity (Wildman–Crippen MR) is 103 cm³/mol. The Morgan fingerprint density at radius 2 is 1.88 bits per heavy atom. The lowest BCUT2D eigenvalue weighted by molar-refractivity contribution is 0.405. The normalized spacial score (nSPS) is 11.6. The van der Waals surface area contributed by atoms with Crippen LogP contribution in [0.4, 0.5) is 11.5 Å². The lowest BCUT2D eigenvalue weighted by atomic mass is 10.2. The second kappa shape index (κ2) is 8.31. The Morgan fingerprint density at radius 1 is 1.12 bits per heavy atom. The number of aryl methyl sites for hydroxylation is 2. The Balaban J connectivity index is 2.01. The standard InChI is InChI=1S/C18H26N4O2S/c1-14-6-7-15(2)17(12-14)25(23,24)21-16-8-9-18(20-13-16)19-10-5-11-22(3)4/h6-9,12-13,21H,5,10-11H2,1-4H3,(H,19,20). The summed E-state index contributed by atoms with van der Waals surface area (Å²) in [6, 6.07) is 8.86. The molecular formula is C18H26N4O2S. The highest BCUT2D eigenvalue weighted by molar-refractivity contribution is 7.92. The van der Waals surface area contributed by atoms with Crippen molar-refractivity contribution >= 4 is 21.5 Å². The maximum atomic E-state index is 12.6. The highest BCUT2D eigenvalue weighted by Crippen LogP contribution is 2.20. The summed E-state index contributed by atoms with van der Waals surface area (Å²) < 4.78 is 27.7. The van der Waals surface area contributed by atoms with Gasteiger partial charge in [0.05, 0.1) is 16.8 Å². The number of anilines is 2. The van der Waals surface area contributed by atoms with E-state index in [2.05, 4.69) is 19.9 Å². The average Bonchev–Trinajstić information content (AvgIpc) is 2.55. The van der Waals surface area contributed by atoms with Crippen LogP contribution in [0.5, 0.6) is 0 Å². The second-order valence-corrected chi connectivity index (χ2v) is 8.04. The van der Waals surface area contributed by atoms with Gasteiger partial charge in [0.25, 0.3) is 10.0 Å². The summed E-state index contributed by atoms with van der Waals surface area (Å²) in [7, 11) is 0.448. The molecule has 25 heavy (non-hydrogen) atoms. The molecule has 2 N–H and O–H groups in total. The monoisotopic (exact) mass is 362 g/mol. The first-order valence-corrected chi connectivity index (χ1v) is 9.71. The summed E-state index contributed by atoms with van der Waals surface area (Å²) in [5.74, 6) is 0.730. The van der Waals surface area contributed by atoms with Crippen LogP contribution in [-0.2, 0) is 10.0 Å². The Hall–Kier alpha value is -2.12. The zero-order valence-corrected chi connectivity index (χ0v) is 16.0. The molecule has 6 nitrogen and oxygen atoms in total. The van der Waals surface area contributed by atoms with E-state index in [1.807, 2.05) is 33.2 Å². The van der Waals surface area contributed by atoms with Crippen molar-refractivity contribution in [2.75, 3.05) is 37.2 Å². The lowest BCUT2D eigenvalue weighted by Crippen LogP contribution is -2.17. The van der Waals surface area contributed by atoms with E-state index in [1.165, 1.54) is 6.20 Å². The fraction of sp³-hybridized carbons (Fsp3) is 0.389. The number of sulfonamides is 1. The smallest absolute Gasteiger partial charge is 0.262 e. The molecule has 0 saturated heterocycles. The fourth-order valence-corrected chi connectivity index (χ4v) is 3.75. The number of nitrogens with zero attached hydrogens (tertiary/aromatic N) is 2. The Labute approximate surface area is 150 Å². The van der Waals surface area contributed by atoms with Crippen LogP contribution >= 0.6 is 0 Å². The molecule has 0 saturated carbocycles. The van der Waals surface area contributed by atoms with Gasteiger partial charge in [-0.2, -0.15) is 0 Å². The number of hydrogen-bond acceptors (Lipinski definition) is 5. The number of pyridine rings is 1. The van der Waals surface area contributed by atoms with Crippen molar-refractivity contribution in [2.24, 2.45) is 0 Å². The molecule has 1 aromatic heterocycles. The highest BCUT2D eigenvalue weighted by atomic mass is 32.2. The van der Waals surface area contributed by atoms with Crippen molar-refractivity contribution in [1.29, 1.82) is 0 Å². The van der Waals surface area contributed by atoms with Gasteiger partial charge in [0.15, 0.2) is 0 Å². The van der Waals surface area contributed by atoms with E-state index in [0.717, 1.165) is 30.9 Å². The average molecular weight is 362 g/mol. The Kier molecular flexibility index (Phi) is 6.39. The summed E-state index contributed by atoms with van der Waals surface area (Å²) in [6.07, 6.45) is 2.53. The van der Waals surface area contributed by atoms with Crippen molar-refractivity contribution in [1.82, 2.24) is 9.88 Å². The van der Waals surface area contributed by atoms with Crippen LogP contribution in [0.1, 0.15) is 17.5 Å². The van der Waals surface area contributed by atoms with Gasteiger partial charge in [-0.1, -0.05) is 12.1 Å². The van der Waals surface area contributed by atoms with Crippen molar-refractivity contribution in [3.8, 4) is 0 Å². The third-order valence-corrected chi connectivity index (χ3v) is 5.26. The van der Waals surface area contributed by atoms with Crippen LogP contribution in [0.25, 0.3) is 0 Å². The zero-order valence-electron chi connectivity index (χ0n) is 15.2. The van der Waals surface area contributed by atoms with E-state index in [9.17, 15) is 8.42 Å². The minimum atomic E-state index is -3.63. The third-order valence-electron chi connectivity index (χ3n) is 3.74. The second-order valence-electron chi connectivity index (χ2n) is 6.39. The Morgan fingerprint density at radius 3 is 2.52 bits per heavy atom. The van der Waals surface area contributed by atoms with Gasteiger partial charge < -0.3 is 10.2 Å². The minimum Gasteiger partial charge on any atom is -0.370 e. The van der Waals surface area contributed by atoms with E-state index in [-0.39, 0.29) is 0 Å². The van der Waals surface area contributed by atoms with Gasteiger partial charge in [0, 0.05) is 6.54 Å². The van der Waals surface area contributed by atoms with E-state index in [4.69, 9.17) is 0 Å². The molecular weight excluding hydrogens is 336 g/mol. The molecule has 0 spiro atoms. The van der Waals surface area contributed by atoms with Crippen molar-refractivity contribution in [3.63, 3.8) is 0 Å². The van der Waals surface area contributed by atoms with Gasteiger partial charge in [0.2, 0.25) is 0 Å². The summed E-state index contributed by atoms with van der Waals surface area (Å²) in [5, 5.41) is 3.22. The quantitative estimate of drug-likeness (QED) is 0.707. The van der Waals surface area contributed by atoms with Crippen LogP contribution in [0.2, 0.25) is 0 Å². The highest BCUT2D eigenvalue weighted by Gasteiger charge is 2.17.